The highest BCUT2D eigenvalue weighted by Gasteiger charge is 2.16. The maximum atomic E-state index is 13.5. The summed E-state index contributed by atoms with van der Waals surface area (Å²) >= 11 is 0. The smallest absolute Gasteiger partial charge is 0.160 e. The molecular weight excluding hydrogens is 469 g/mol. The average molecular weight is 494 g/mol. The van der Waals surface area contributed by atoms with E-state index < -0.39 is 0 Å². The van der Waals surface area contributed by atoms with E-state index in [1.165, 1.54) is 12.1 Å². The molecule has 0 aliphatic carbocycles. The Labute approximate surface area is 212 Å². The van der Waals surface area contributed by atoms with Crippen LogP contribution in [-0.4, -0.2) is 62.3 Å². The first-order valence-electron chi connectivity index (χ1n) is 11.9. The van der Waals surface area contributed by atoms with Crippen molar-refractivity contribution in [3.8, 4) is 39.5 Å². The van der Waals surface area contributed by atoms with E-state index in [-0.39, 0.29) is 5.82 Å². The van der Waals surface area contributed by atoms with Crippen LogP contribution in [0.5, 0.6) is 5.75 Å². The molecule has 37 heavy (non-hydrogen) atoms. The highest BCUT2D eigenvalue weighted by Crippen LogP contribution is 2.33. The number of hydrogen-bond donors (Lipinski definition) is 2. The van der Waals surface area contributed by atoms with E-state index in [0.717, 1.165) is 45.5 Å². The minimum absolute atomic E-state index is 0.281. The SMILES string of the molecule is CN(C)CCOc1cncc(-c2ccc3[nH]nc(-c4nc5c(-c6ccc(F)cc6)ccnc5[nH]4)c3c2)c1. The quantitative estimate of drug-likeness (QED) is 0.313. The molecule has 4 heterocycles. The first-order valence-corrected chi connectivity index (χ1v) is 11.9. The number of nitrogens with one attached hydrogen (secondary N) is 2. The van der Waals surface area contributed by atoms with Crippen LogP contribution in [0.4, 0.5) is 4.39 Å². The maximum absolute atomic E-state index is 13.5. The molecule has 6 rings (SSSR count). The molecule has 8 nitrogen and oxygen atoms in total. The third-order valence-electron chi connectivity index (χ3n) is 6.18. The number of benzene rings is 2. The molecule has 0 spiro atoms. The van der Waals surface area contributed by atoms with E-state index in [1.54, 1.807) is 24.5 Å². The maximum Gasteiger partial charge on any atom is 0.160 e. The van der Waals surface area contributed by atoms with Crippen LogP contribution in [-0.2, 0) is 0 Å². The molecular formula is C28H24FN7O. The number of halogens is 1. The highest BCUT2D eigenvalue weighted by molar-refractivity contribution is 5.97. The summed E-state index contributed by atoms with van der Waals surface area (Å²) in [7, 11) is 4.02. The molecule has 9 heteroatoms. The molecule has 0 saturated heterocycles. The lowest BCUT2D eigenvalue weighted by molar-refractivity contribution is 0.261. The predicted octanol–water partition coefficient (Wildman–Crippen LogP) is 5.31. The summed E-state index contributed by atoms with van der Waals surface area (Å²) in [6, 6.07) is 16.3. The van der Waals surface area contributed by atoms with Gasteiger partial charge in [0.15, 0.2) is 11.5 Å². The first-order chi connectivity index (χ1) is 18.0. The second kappa shape index (κ2) is 9.44. The zero-order valence-electron chi connectivity index (χ0n) is 20.4. The Hall–Kier alpha value is -4.63. The second-order valence-electron chi connectivity index (χ2n) is 9.04. The van der Waals surface area contributed by atoms with E-state index in [2.05, 4.69) is 36.1 Å². The van der Waals surface area contributed by atoms with Crippen LogP contribution in [0.15, 0.2) is 73.2 Å². The zero-order valence-corrected chi connectivity index (χ0v) is 20.4. The van der Waals surface area contributed by atoms with E-state index in [4.69, 9.17) is 9.72 Å². The van der Waals surface area contributed by atoms with Gasteiger partial charge < -0.3 is 14.6 Å². The Kier molecular flexibility index (Phi) is 5.82. The number of pyridine rings is 2. The fourth-order valence-electron chi connectivity index (χ4n) is 4.26. The summed E-state index contributed by atoms with van der Waals surface area (Å²) in [6.07, 6.45) is 5.26. The number of fused-ring (bicyclic) bond motifs is 2. The second-order valence-corrected chi connectivity index (χ2v) is 9.04. The van der Waals surface area contributed by atoms with Crippen molar-refractivity contribution < 1.29 is 9.13 Å². The average Bonchev–Trinajstić information content (AvgIpc) is 3.53. The molecule has 0 fully saturated rings. The third kappa shape index (κ3) is 4.52. The van der Waals surface area contributed by atoms with Crippen LogP contribution < -0.4 is 4.74 Å². The van der Waals surface area contributed by atoms with Gasteiger partial charge in [0.05, 0.1) is 11.7 Å². The number of nitrogens with zero attached hydrogens (tertiary/aromatic N) is 5. The molecule has 0 amide bonds. The van der Waals surface area contributed by atoms with Crippen molar-refractivity contribution >= 4 is 22.1 Å². The summed E-state index contributed by atoms with van der Waals surface area (Å²) in [6.45, 7) is 1.41. The van der Waals surface area contributed by atoms with Gasteiger partial charge in [-0.2, -0.15) is 5.10 Å². The monoisotopic (exact) mass is 493 g/mol. The molecule has 6 aromatic rings. The summed E-state index contributed by atoms with van der Waals surface area (Å²) in [5.74, 6) is 1.04. The minimum atomic E-state index is -0.281. The molecule has 0 aliphatic heterocycles. The van der Waals surface area contributed by atoms with Gasteiger partial charge in [-0.1, -0.05) is 18.2 Å². The van der Waals surface area contributed by atoms with Crippen LogP contribution in [0, 0.1) is 5.82 Å². The van der Waals surface area contributed by atoms with Crippen molar-refractivity contribution in [2.75, 3.05) is 27.2 Å². The molecule has 0 bridgehead atoms. The summed E-state index contributed by atoms with van der Waals surface area (Å²) in [5.41, 5.74) is 6.57. The summed E-state index contributed by atoms with van der Waals surface area (Å²) < 4.78 is 19.3. The minimum Gasteiger partial charge on any atom is -0.491 e. The summed E-state index contributed by atoms with van der Waals surface area (Å²) in [4.78, 5) is 19.0. The number of rotatable bonds is 7. The number of aromatic nitrogens is 6. The summed E-state index contributed by atoms with van der Waals surface area (Å²) in [5, 5.41) is 8.55. The van der Waals surface area contributed by atoms with E-state index in [0.29, 0.717) is 29.3 Å². The number of imidazole rings is 1. The Bertz CT molecular complexity index is 1710. The molecule has 2 aromatic carbocycles. The number of hydrogen-bond acceptors (Lipinski definition) is 6. The molecule has 0 saturated carbocycles. The van der Waals surface area contributed by atoms with Gasteiger partial charge in [0.2, 0.25) is 0 Å². The van der Waals surface area contributed by atoms with E-state index >= 15 is 0 Å². The van der Waals surface area contributed by atoms with Gasteiger partial charge in [-0.25, -0.2) is 14.4 Å². The van der Waals surface area contributed by atoms with Crippen molar-refractivity contribution in [2.24, 2.45) is 0 Å². The Morgan fingerprint density at radius 1 is 0.946 bits per heavy atom. The van der Waals surface area contributed by atoms with Gasteiger partial charge in [0, 0.05) is 35.5 Å². The van der Waals surface area contributed by atoms with Crippen LogP contribution in [0.2, 0.25) is 0 Å². The van der Waals surface area contributed by atoms with Crippen molar-refractivity contribution in [3.63, 3.8) is 0 Å². The first kappa shape index (κ1) is 22.8. The van der Waals surface area contributed by atoms with Crippen LogP contribution in [0.3, 0.4) is 0 Å². The molecule has 0 unspecified atom stereocenters. The lowest BCUT2D eigenvalue weighted by Crippen LogP contribution is -2.19. The van der Waals surface area contributed by atoms with E-state index in [1.807, 2.05) is 44.6 Å². The van der Waals surface area contributed by atoms with Gasteiger partial charge in [0.25, 0.3) is 0 Å². The predicted molar refractivity (Wildman–Crippen MR) is 142 cm³/mol. The molecule has 0 radical (unpaired) electrons. The Balaban J connectivity index is 1.37. The number of aromatic amines is 2. The topological polar surface area (TPSA) is 95.6 Å². The van der Waals surface area contributed by atoms with Gasteiger partial charge in [0.1, 0.15) is 29.4 Å². The van der Waals surface area contributed by atoms with Crippen molar-refractivity contribution in [2.45, 2.75) is 0 Å². The number of likely N-dealkylation sites (N-methyl/N-ethyl adjacent to an activating group) is 1. The van der Waals surface area contributed by atoms with Crippen LogP contribution in [0.1, 0.15) is 0 Å². The van der Waals surface area contributed by atoms with Gasteiger partial charge in [-0.3, -0.25) is 10.1 Å². The van der Waals surface area contributed by atoms with E-state index in [9.17, 15) is 4.39 Å². The molecule has 0 aliphatic rings. The standard InChI is InChI=1S/C28H24FN7O/c1-36(2)11-12-37-21-13-19(15-30-16-21)18-5-8-24-23(14-18)26(35-34-24)28-32-25-22(9-10-31-27(25)33-28)17-3-6-20(29)7-4-17/h3-10,13-16H,11-12H2,1-2H3,(H,34,35)(H,31,32,33). The fraction of sp³-hybridized carbons (Fsp3) is 0.143. The van der Waals surface area contributed by atoms with Gasteiger partial charge in [-0.15, -0.1) is 0 Å². The van der Waals surface area contributed by atoms with Gasteiger partial charge >= 0.3 is 0 Å². The number of H-pyrrole nitrogens is 2. The molecule has 2 N–H and O–H groups in total. The molecule has 0 atom stereocenters. The Morgan fingerprint density at radius 3 is 2.62 bits per heavy atom. The van der Waals surface area contributed by atoms with Crippen molar-refractivity contribution in [1.82, 2.24) is 35.0 Å². The highest BCUT2D eigenvalue weighted by atomic mass is 19.1. The zero-order chi connectivity index (χ0) is 25.4. The lowest BCUT2D eigenvalue weighted by atomic mass is 10.0. The lowest BCUT2D eigenvalue weighted by Gasteiger charge is -2.11. The number of ether oxygens (including phenoxy) is 1. The van der Waals surface area contributed by atoms with Crippen molar-refractivity contribution in [3.05, 3.63) is 79.0 Å². The normalized spacial score (nSPS) is 11.6. The Morgan fingerprint density at radius 2 is 1.78 bits per heavy atom. The largest absolute Gasteiger partial charge is 0.491 e. The molecule has 184 valence electrons. The van der Waals surface area contributed by atoms with Crippen molar-refractivity contribution in [1.29, 1.82) is 0 Å². The molecule has 4 aromatic heterocycles. The van der Waals surface area contributed by atoms with Crippen LogP contribution in [0.25, 0.3) is 55.8 Å². The van der Waals surface area contributed by atoms with Gasteiger partial charge in [-0.05, 0) is 61.6 Å². The van der Waals surface area contributed by atoms with Crippen LogP contribution >= 0.6 is 0 Å². The fourth-order valence-corrected chi connectivity index (χ4v) is 4.26. The third-order valence-corrected chi connectivity index (χ3v) is 6.18.